The quantitative estimate of drug-likeness (QED) is 0.626. The van der Waals surface area contributed by atoms with E-state index in [1.54, 1.807) is 36.2 Å². The van der Waals surface area contributed by atoms with Crippen LogP contribution in [0.3, 0.4) is 0 Å². The van der Waals surface area contributed by atoms with Crippen LogP contribution in [0, 0.1) is 0 Å². The molecule has 0 unspecified atom stereocenters. The second kappa shape index (κ2) is 5.62. The molecule has 0 spiro atoms. The van der Waals surface area contributed by atoms with Gasteiger partial charge in [-0.25, -0.2) is 14.5 Å². The van der Waals surface area contributed by atoms with Crippen LogP contribution < -0.4 is 5.32 Å². The topological polar surface area (TPSA) is 77.1 Å². The summed E-state index contributed by atoms with van der Waals surface area (Å²) in [6, 6.07) is 9.19. The predicted molar refractivity (Wildman–Crippen MR) is 88.9 cm³/mol. The van der Waals surface area contributed by atoms with E-state index in [0.29, 0.717) is 5.56 Å². The number of carbonyl (C=O) groups is 1. The monoisotopic (exact) mass is 318 g/mol. The van der Waals surface area contributed by atoms with Gasteiger partial charge in [0.05, 0.1) is 11.8 Å². The normalized spacial score (nSPS) is 10.9. The molecule has 0 radical (unpaired) electrons. The van der Waals surface area contributed by atoms with E-state index in [2.05, 4.69) is 20.4 Å². The van der Waals surface area contributed by atoms with E-state index in [1.807, 2.05) is 41.2 Å². The van der Waals surface area contributed by atoms with Gasteiger partial charge in [-0.3, -0.25) is 9.36 Å². The number of benzene rings is 1. The SMILES string of the molecule is CNC(=O)c1cccc(-n2ccnc2-c2cnn3cccnc23)c1. The van der Waals surface area contributed by atoms with Gasteiger partial charge in [0.25, 0.3) is 5.91 Å². The van der Waals surface area contributed by atoms with E-state index in [4.69, 9.17) is 0 Å². The minimum atomic E-state index is -0.129. The third kappa shape index (κ3) is 2.23. The van der Waals surface area contributed by atoms with Crippen molar-refractivity contribution in [2.75, 3.05) is 7.05 Å². The Kier molecular flexibility index (Phi) is 3.31. The molecule has 1 amide bonds. The zero-order valence-corrected chi connectivity index (χ0v) is 12.9. The number of nitrogens with zero attached hydrogens (tertiary/aromatic N) is 5. The Balaban J connectivity index is 1.85. The highest BCUT2D eigenvalue weighted by molar-refractivity contribution is 5.94. The number of carbonyl (C=O) groups excluding carboxylic acids is 1. The molecule has 0 bridgehead atoms. The molecule has 7 heteroatoms. The first-order valence-corrected chi connectivity index (χ1v) is 7.42. The van der Waals surface area contributed by atoms with Gasteiger partial charge in [0.2, 0.25) is 0 Å². The standard InChI is InChI=1S/C17H14N6O/c1-18-17(24)12-4-2-5-13(10-12)22-9-7-20-15(22)14-11-21-23-8-3-6-19-16(14)23/h2-11H,1H3,(H,18,24). The molecule has 0 aliphatic carbocycles. The Morgan fingerprint density at radius 1 is 1.12 bits per heavy atom. The third-order valence-corrected chi connectivity index (χ3v) is 3.77. The van der Waals surface area contributed by atoms with E-state index in [1.165, 1.54) is 0 Å². The third-order valence-electron chi connectivity index (χ3n) is 3.77. The zero-order valence-electron chi connectivity index (χ0n) is 12.9. The fourth-order valence-electron chi connectivity index (χ4n) is 2.64. The van der Waals surface area contributed by atoms with Crippen LogP contribution in [0.1, 0.15) is 10.4 Å². The summed E-state index contributed by atoms with van der Waals surface area (Å²) < 4.78 is 3.62. The summed E-state index contributed by atoms with van der Waals surface area (Å²) >= 11 is 0. The molecule has 0 fully saturated rings. The lowest BCUT2D eigenvalue weighted by Crippen LogP contribution is -2.17. The predicted octanol–water partition coefficient (Wildman–Crippen LogP) is 1.94. The molecule has 0 aliphatic rings. The highest BCUT2D eigenvalue weighted by Gasteiger charge is 2.14. The van der Waals surface area contributed by atoms with Crippen molar-refractivity contribution in [2.45, 2.75) is 0 Å². The van der Waals surface area contributed by atoms with Crippen molar-refractivity contribution in [2.24, 2.45) is 0 Å². The van der Waals surface area contributed by atoms with Crippen LogP contribution in [0.15, 0.2) is 61.3 Å². The molecule has 7 nitrogen and oxygen atoms in total. The fraction of sp³-hybridized carbons (Fsp3) is 0.0588. The molecule has 118 valence electrons. The van der Waals surface area contributed by atoms with Crippen LogP contribution in [-0.2, 0) is 0 Å². The number of amides is 1. The number of aromatic nitrogens is 5. The van der Waals surface area contributed by atoms with Crippen LogP contribution in [0.25, 0.3) is 22.7 Å². The first kappa shape index (κ1) is 14.1. The highest BCUT2D eigenvalue weighted by Crippen LogP contribution is 2.24. The molecular weight excluding hydrogens is 304 g/mol. The Hall–Kier alpha value is -3.48. The van der Waals surface area contributed by atoms with Crippen LogP contribution in [-0.4, -0.2) is 37.1 Å². The van der Waals surface area contributed by atoms with Crippen LogP contribution in [0.2, 0.25) is 0 Å². The lowest BCUT2D eigenvalue weighted by molar-refractivity contribution is 0.0963. The summed E-state index contributed by atoms with van der Waals surface area (Å²) in [5, 5.41) is 6.94. The molecule has 4 aromatic rings. The average Bonchev–Trinajstić information content (AvgIpc) is 3.27. The molecule has 1 aromatic carbocycles. The summed E-state index contributed by atoms with van der Waals surface area (Å²) in [4.78, 5) is 20.7. The lowest BCUT2D eigenvalue weighted by atomic mass is 10.2. The molecule has 4 rings (SSSR count). The van der Waals surface area contributed by atoms with Crippen molar-refractivity contribution in [3.63, 3.8) is 0 Å². The molecule has 1 N–H and O–H groups in total. The lowest BCUT2D eigenvalue weighted by Gasteiger charge is -2.08. The van der Waals surface area contributed by atoms with E-state index in [0.717, 1.165) is 22.7 Å². The van der Waals surface area contributed by atoms with Gasteiger partial charge in [-0.05, 0) is 24.3 Å². The summed E-state index contributed by atoms with van der Waals surface area (Å²) in [7, 11) is 1.61. The minimum Gasteiger partial charge on any atom is -0.355 e. The molecule has 24 heavy (non-hydrogen) atoms. The number of hydrogen-bond acceptors (Lipinski definition) is 4. The number of imidazole rings is 1. The first-order chi connectivity index (χ1) is 11.8. The van der Waals surface area contributed by atoms with Crippen molar-refractivity contribution in [3.05, 3.63) is 66.9 Å². The number of rotatable bonds is 3. The van der Waals surface area contributed by atoms with Gasteiger partial charge in [0.15, 0.2) is 5.65 Å². The maximum atomic E-state index is 11.9. The molecule has 3 aromatic heterocycles. The average molecular weight is 318 g/mol. The smallest absolute Gasteiger partial charge is 0.251 e. The molecule has 0 saturated heterocycles. The van der Waals surface area contributed by atoms with E-state index in [9.17, 15) is 4.79 Å². The van der Waals surface area contributed by atoms with Gasteiger partial charge in [0.1, 0.15) is 5.82 Å². The van der Waals surface area contributed by atoms with Crippen molar-refractivity contribution in [1.29, 1.82) is 0 Å². The Morgan fingerprint density at radius 3 is 2.92 bits per heavy atom. The Labute approximate surface area is 137 Å². The first-order valence-electron chi connectivity index (χ1n) is 7.42. The van der Waals surface area contributed by atoms with E-state index < -0.39 is 0 Å². The summed E-state index contributed by atoms with van der Waals surface area (Å²) in [6.45, 7) is 0. The van der Waals surface area contributed by atoms with Gasteiger partial charge < -0.3 is 5.32 Å². The molecule has 0 atom stereocenters. The van der Waals surface area contributed by atoms with Gasteiger partial charge in [-0.15, -0.1) is 0 Å². The van der Waals surface area contributed by atoms with Crippen molar-refractivity contribution < 1.29 is 4.79 Å². The summed E-state index contributed by atoms with van der Waals surface area (Å²) in [6.07, 6.45) is 8.87. The summed E-state index contributed by atoms with van der Waals surface area (Å²) in [5.41, 5.74) is 2.99. The Morgan fingerprint density at radius 2 is 2.04 bits per heavy atom. The van der Waals surface area contributed by atoms with E-state index in [-0.39, 0.29) is 5.91 Å². The highest BCUT2D eigenvalue weighted by atomic mass is 16.1. The largest absolute Gasteiger partial charge is 0.355 e. The number of hydrogen-bond donors (Lipinski definition) is 1. The maximum Gasteiger partial charge on any atom is 0.251 e. The maximum absolute atomic E-state index is 11.9. The zero-order chi connectivity index (χ0) is 16.5. The van der Waals surface area contributed by atoms with Crippen LogP contribution in [0.5, 0.6) is 0 Å². The molecule has 3 heterocycles. The number of fused-ring (bicyclic) bond motifs is 1. The van der Waals surface area contributed by atoms with Gasteiger partial charge in [-0.1, -0.05) is 6.07 Å². The second-order valence-corrected chi connectivity index (χ2v) is 5.20. The summed E-state index contributed by atoms with van der Waals surface area (Å²) in [5.74, 6) is 0.592. The van der Waals surface area contributed by atoms with Crippen molar-refractivity contribution in [3.8, 4) is 17.1 Å². The van der Waals surface area contributed by atoms with Crippen molar-refractivity contribution >= 4 is 11.6 Å². The van der Waals surface area contributed by atoms with E-state index >= 15 is 0 Å². The number of nitrogens with one attached hydrogen (secondary N) is 1. The second-order valence-electron chi connectivity index (χ2n) is 5.20. The molecular formula is C17H14N6O. The molecule has 0 aliphatic heterocycles. The molecule has 0 saturated carbocycles. The Bertz CT molecular complexity index is 1030. The van der Waals surface area contributed by atoms with Crippen LogP contribution in [0.4, 0.5) is 0 Å². The van der Waals surface area contributed by atoms with Crippen LogP contribution >= 0.6 is 0 Å². The van der Waals surface area contributed by atoms with Gasteiger partial charge >= 0.3 is 0 Å². The van der Waals surface area contributed by atoms with Gasteiger partial charge in [-0.2, -0.15) is 5.10 Å². The minimum absolute atomic E-state index is 0.129. The van der Waals surface area contributed by atoms with Gasteiger partial charge in [0, 0.05) is 43.1 Å². The fourth-order valence-corrected chi connectivity index (χ4v) is 2.64. The van der Waals surface area contributed by atoms with Crippen molar-refractivity contribution in [1.82, 2.24) is 29.5 Å².